The second-order valence-electron chi connectivity index (χ2n) is 10.7. The molecule has 11 nitrogen and oxygen atoms in total. The number of anilines is 2. The lowest BCUT2D eigenvalue weighted by atomic mass is 9.87. The van der Waals surface area contributed by atoms with Crippen molar-refractivity contribution in [3.05, 3.63) is 35.6 Å². The van der Waals surface area contributed by atoms with E-state index in [4.69, 9.17) is 26.2 Å². The predicted octanol–water partition coefficient (Wildman–Crippen LogP) is 4.45. The SMILES string of the molecule is COc1cc(NS(=O)(=O)C2CC2)ccc1-n1nc(N[C@H]2C[C@@H](NC(=O)OC(C)(C)C)C2)c2cnc(Cl)cc21. The highest BCUT2D eigenvalue weighted by atomic mass is 35.5. The zero-order valence-corrected chi connectivity index (χ0v) is 23.2. The molecule has 13 heteroatoms. The van der Waals surface area contributed by atoms with E-state index in [1.54, 1.807) is 35.1 Å². The van der Waals surface area contributed by atoms with Gasteiger partial charge in [-0.2, -0.15) is 0 Å². The Morgan fingerprint density at radius 2 is 1.89 bits per heavy atom. The molecule has 2 saturated carbocycles. The minimum atomic E-state index is -3.41. The van der Waals surface area contributed by atoms with Crippen molar-refractivity contribution < 1.29 is 22.7 Å². The molecule has 2 aliphatic carbocycles. The van der Waals surface area contributed by atoms with Gasteiger partial charge in [0.05, 0.1) is 29.0 Å². The van der Waals surface area contributed by atoms with Crippen LogP contribution < -0.4 is 20.1 Å². The van der Waals surface area contributed by atoms with Crippen LogP contribution in [0, 0.1) is 0 Å². The second kappa shape index (κ2) is 9.81. The number of fused-ring (bicyclic) bond motifs is 1. The van der Waals surface area contributed by atoms with Gasteiger partial charge >= 0.3 is 6.09 Å². The maximum absolute atomic E-state index is 12.4. The average molecular weight is 563 g/mol. The number of rotatable bonds is 8. The molecule has 3 aromatic rings. The van der Waals surface area contributed by atoms with Crippen molar-refractivity contribution in [1.29, 1.82) is 0 Å². The van der Waals surface area contributed by atoms with Crippen molar-refractivity contribution in [2.24, 2.45) is 0 Å². The van der Waals surface area contributed by atoms with Gasteiger partial charge < -0.3 is 20.1 Å². The molecular formula is C25H31ClN6O5S. The van der Waals surface area contributed by atoms with Crippen molar-refractivity contribution >= 4 is 50.1 Å². The summed E-state index contributed by atoms with van der Waals surface area (Å²) in [5, 5.41) is 11.9. The fourth-order valence-corrected chi connectivity index (χ4v) is 5.87. The number of sulfonamides is 1. The van der Waals surface area contributed by atoms with Crippen LogP contribution in [-0.2, 0) is 14.8 Å². The fraction of sp³-hybridized carbons (Fsp3) is 0.480. The number of nitrogens with one attached hydrogen (secondary N) is 3. The molecule has 0 atom stereocenters. The van der Waals surface area contributed by atoms with Gasteiger partial charge in [-0.25, -0.2) is 22.9 Å². The third kappa shape index (κ3) is 5.75. The number of hydrogen-bond donors (Lipinski definition) is 3. The van der Waals surface area contributed by atoms with Gasteiger partial charge in [-0.05, 0) is 58.6 Å². The highest BCUT2D eigenvalue weighted by Crippen LogP contribution is 2.35. The van der Waals surface area contributed by atoms with Crippen LogP contribution >= 0.6 is 11.6 Å². The Morgan fingerprint density at radius 3 is 2.55 bits per heavy atom. The van der Waals surface area contributed by atoms with Gasteiger partial charge in [0.1, 0.15) is 22.2 Å². The van der Waals surface area contributed by atoms with Crippen molar-refractivity contribution in [2.75, 3.05) is 17.1 Å². The number of pyridine rings is 1. The number of benzene rings is 1. The average Bonchev–Trinajstić information content (AvgIpc) is 3.60. The van der Waals surface area contributed by atoms with Gasteiger partial charge in [0.2, 0.25) is 10.0 Å². The van der Waals surface area contributed by atoms with Crippen LogP contribution in [0.3, 0.4) is 0 Å². The Hall–Kier alpha value is -3.25. The van der Waals surface area contributed by atoms with Crippen LogP contribution in [0.25, 0.3) is 16.6 Å². The van der Waals surface area contributed by atoms with E-state index >= 15 is 0 Å². The van der Waals surface area contributed by atoms with Gasteiger partial charge in [0, 0.05) is 30.4 Å². The van der Waals surface area contributed by atoms with E-state index in [1.807, 2.05) is 20.8 Å². The number of carbonyl (C=O) groups excluding carboxylic acids is 1. The van der Waals surface area contributed by atoms with Gasteiger partial charge in [0.15, 0.2) is 5.82 Å². The topological polar surface area (TPSA) is 136 Å². The summed E-state index contributed by atoms with van der Waals surface area (Å²) in [6, 6.07) is 6.88. The van der Waals surface area contributed by atoms with Gasteiger partial charge in [0.25, 0.3) is 0 Å². The number of carbonyl (C=O) groups is 1. The molecule has 1 aromatic carbocycles. The van der Waals surface area contributed by atoms with E-state index in [-0.39, 0.29) is 17.3 Å². The van der Waals surface area contributed by atoms with Gasteiger partial charge in [-0.15, -0.1) is 5.10 Å². The molecule has 2 aliphatic rings. The summed E-state index contributed by atoms with van der Waals surface area (Å²) in [6.07, 6.45) is 4.01. The maximum atomic E-state index is 12.4. The molecule has 2 aromatic heterocycles. The molecular weight excluding hydrogens is 532 g/mol. The maximum Gasteiger partial charge on any atom is 0.407 e. The van der Waals surface area contributed by atoms with Crippen molar-refractivity contribution in [3.8, 4) is 11.4 Å². The van der Waals surface area contributed by atoms with E-state index in [0.29, 0.717) is 59.3 Å². The summed E-state index contributed by atoms with van der Waals surface area (Å²) in [5.74, 6) is 1.06. The Bertz CT molecular complexity index is 1480. The van der Waals surface area contributed by atoms with E-state index in [9.17, 15) is 13.2 Å². The molecule has 2 fully saturated rings. The van der Waals surface area contributed by atoms with Gasteiger partial charge in [-0.3, -0.25) is 4.72 Å². The molecule has 204 valence electrons. The quantitative estimate of drug-likeness (QED) is 0.342. The Labute approximate surface area is 226 Å². The van der Waals surface area contributed by atoms with Crippen molar-refractivity contribution in [3.63, 3.8) is 0 Å². The Kier molecular flexibility index (Phi) is 6.80. The number of alkyl carbamates (subject to hydrolysis) is 1. The second-order valence-corrected chi connectivity index (χ2v) is 13.0. The molecule has 1 amide bonds. The minimum Gasteiger partial charge on any atom is -0.494 e. The number of nitrogens with zero attached hydrogens (tertiary/aromatic N) is 3. The fourth-order valence-electron chi connectivity index (χ4n) is 4.34. The number of halogens is 1. The Morgan fingerprint density at radius 1 is 1.16 bits per heavy atom. The summed E-state index contributed by atoms with van der Waals surface area (Å²) in [5.41, 5.74) is 1.19. The summed E-state index contributed by atoms with van der Waals surface area (Å²) in [7, 11) is -1.89. The third-order valence-corrected chi connectivity index (χ3v) is 8.44. The van der Waals surface area contributed by atoms with Crippen molar-refractivity contribution in [1.82, 2.24) is 20.1 Å². The summed E-state index contributed by atoms with van der Waals surface area (Å²) in [4.78, 5) is 16.3. The number of amides is 1. The molecule has 2 heterocycles. The molecule has 0 aliphatic heterocycles. The highest BCUT2D eigenvalue weighted by molar-refractivity contribution is 7.93. The minimum absolute atomic E-state index is 0.00956. The zero-order valence-electron chi connectivity index (χ0n) is 21.6. The van der Waals surface area contributed by atoms with E-state index in [1.165, 1.54) is 7.11 Å². The molecule has 3 N–H and O–H groups in total. The number of ether oxygens (including phenoxy) is 2. The molecule has 0 bridgehead atoms. The smallest absolute Gasteiger partial charge is 0.407 e. The molecule has 38 heavy (non-hydrogen) atoms. The molecule has 0 unspecified atom stereocenters. The molecule has 0 saturated heterocycles. The standard InChI is InChI=1S/C25H31ClN6O5S/c1-25(2,3)37-24(33)29-16-9-15(10-16)28-23-18-13-27-22(26)12-20(18)32(30-23)19-8-5-14(11-21(19)36-4)31-38(34,35)17-6-7-17/h5,8,11-13,15-17,31H,6-7,9-10H2,1-4H3,(H,28,30)(H,29,33)/t15-,16+. The number of methoxy groups -OCH3 is 1. The lowest BCUT2D eigenvalue weighted by molar-refractivity contribution is 0.0475. The first kappa shape index (κ1) is 26.4. The lowest BCUT2D eigenvalue weighted by Gasteiger charge is -2.36. The lowest BCUT2D eigenvalue weighted by Crippen LogP contribution is -2.50. The molecule has 0 spiro atoms. The third-order valence-electron chi connectivity index (χ3n) is 6.36. The summed E-state index contributed by atoms with van der Waals surface area (Å²) < 4.78 is 40.0. The normalized spacial score (nSPS) is 19.5. The van der Waals surface area contributed by atoms with Crippen LogP contribution in [-0.4, -0.2) is 59.3 Å². The zero-order chi connectivity index (χ0) is 27.2. The number of hydrogen-bond acceptors (Lipinski definition) is 8. The largest absolute Gasteiger partial charge is 0.494 e. The summed E-state index contributed by atoms with van der Waals surface area (Å²) >= 11 is 6.22. The van der Waals surface area contributed by atoms with E-state index in [2.05, 4.69) is 20.3 Å². The molecule has 0 radical (unpaired) electrons. The van der Waals surface area contributed by atoms with Crippen LogP contribution in [0.5, 0.6) is 5.75 Å². The first-order valence-corrected chi connectivity index (χ1v) is 14.3. The first-order valence-electron chi connectivity index (χ1n) is 12.4. The van der Waals surface area contributed by atoms with Crippen molar-refractivity contribution in [2.45, 2.75) is 69.4 Å². The van der Waals surface area contributed by atoms with Crippen LogP contribution in [0.2, 0.25) is 5.15 Å². The summed E-state index contributed by atoms with van der Waals surface area (Å²) in [6.45, 7) is 5.48. The molecule has 5 rings (SSSR count). The Balaban J connectivity index is 1.36. The monoisotopic (exact) mass is 562 g/mol. The van der Waals surface area contributed by atoms with Gasteiger partial charge in [-0.1, -0.05) is 11.6 Å². The highest BCUT2D eigenvalue weighted by Gasteiger charge is 2.36. The van der Waals surface area contributed by atoms with E-state index < -0.39 is 21.7 Å². The van der Waals surface area contributed by atoms with E-state index in [0.717, 1.165) is 5.39 Å². The predicted molar refractivity (Wildman–Crippen MR) is 146 cm³/mol. The number of aromatic nitrogens is 3. The van der Waals surface area contributed by atoms with Crippen LogP contribution in [0.15, 0.2) is 30.5 Å². The first-order chi connectivity index (χ1) is 17.9. The van der Waals surface area contributed by atoms with Crippen LogP contribution in [0.1, 0.15) is 46.5 Å². The van der Waals surface area contributed by atoms with Crippen LogP contribution in [0.4, 0.5) is 16.3 Å².